The van der Waals surface area contributed by atoms with Gasteiger partial charge in [0.25, 0.3) is 0 Å². The number of nitrogens with one attached hydrogen (secondary N) is 1. The van der Waals surface area contributed by atoms with Gasteiger partial charge >= 0.3 is 0 Å². The minimum absolute atomic E-state index is 0.599. The van der Waals surface area contributed by atoms with Crippen molar-refractivity contribution in [1.82, 2.24) is 5.32 Å². The molecule has 0 aromatic carbocycles. The van der Waals surface area contributed by atoms with E-state index in [9.17, 15) is 0 Å². The van der Waals surface area contributed by atoms with E-state index in [1.54, 1.807) is 11.3 Å². The Morgan fingerprint density at radius 3 is 2.50 bits per heavy atom. The Morgan fingerprint density at radius 2 is 2.00 bits per heavy atom. The SMILES string of the molecule is CC(C)NCC(CCc1ccsc1)C(C)C. The van der Waals surface area contributed by atoms with E-state index in [-0.39, 0.29) is 0 Å². The summed E-state index contributed by atoms with van der Waals surface area (Å²) in [4.78, 5) is 0. The monoisotopic (exact) mass is 239 g/mol. The van der Waals surface area contributed by atoms with Gasteiger partial charge in [-0.1, -0.05) is 27.7 Å². The van der Waals surface area contributed by atoms with E-state index in [4.69, 9.17) is 0 Å². The quantitative estimate of drug-likeness (QED) is 0.759. The van der Waals surface area contributed by atoms with Crippen LogP contribution in [0.4, 0.5) is 0 Å². The highest BCUT2D eigenvalue weighted by Crippen LogP contribution is 2.18. The zero-order chi connectivity index (χ0) is 12.0. The van der Waals surface area contributed by atoms with Crippen molar-refractivity contribution in [3.05, 3.63) is 22.4 Å². The highest BCUT2D eigenvalue weighted by Gasteiger charge is 2.13. The molecule has 1 unspecified atom stereocenters. The molecule has 1 aromatic rings. The van der Waals surface area contributed by atoms with Crippen molar-refractivity contribution < 1.29 is 0 Å². The molecule has 16 heavy (non-hydrogen) atoms. The first-order chi connectivity index (χ1) is 7.59. The van der Waals surface area contributed by atoms with Gasteiger partial charge in [0.05, 0.1) is 0 Å². The van der Waals surface area contributed by atoms with E-state index >= 15 is 0 Å². The second-order valence-corrected chi connectivity index (χ2v) is 6.02. The van der Waals surface area contributed by atoms with Gasteiger partial charge < -0.3 is 5.32 Å². The molecule has 0 aliphatic carbocycles. The maximum atomic E-state index is 3.56. The standard InChI is InChI=1S/C14H25NS/c1-11(2)14(9-15-12(3)4)6-5-13-7-8-16-10-13/h7-8,10-12,14-15H,5-6,9H2,1-4H3. The fraction of sp³-hybridized carbons (Fsp3) is 0.714. The fourth-order valence-corrected chi connectivity index (χ4v) is 2.55. The summed E-state index contributed by atoms with van der Waals surface area (Å²) < 4.78 is 0. The van der Waals surface area contributed by atoms with E-state index in [1.807, 2.05) is 0 Å². The average molecular weight is 239 g/mol. The minimum Gasteiger partial charge on any atom is -0.314 e. The first kappa shape index (κ1) is 13.7. The van der Waals surface area contributed by atoms with Gasteiger partial charge in [-0.2, -0.15) is 11.3 Å². The van der Waals surface area contributed by atoms with Crippen LogP contribution in [0.5, 0.6) is 0 Å². The van der Waals surface area contributed by atoms with Crippen LogP contribution in [0.3, 0.4) is 0 Å². The van der Waals surface area contributed by atoms with Gasteiger partial charge in [0.2, 0.25) is 0 Å². The van der Waals surface area contributed by atoms with Crippen LogP contribution in [0, 0.1) is 11.8 Å². The summed E-state index contributed by atoms with van der Waals surface area (Å²) in [6, 6.07) is 2.85. The van der Waals surface area contributed by atoms with Crippen LogP contribution in [0.1, 0.15) is 39.7 Å². The Kier molecular flexibility index (Phi) is 6.07. The summed E-state index contributed by atoms with van der Waals surface area (Å²) in [6.45, 7) is 10.3. The first-order valence-corrected chi connectivity index (χ1v) is 7.28. The van der Waals surface area contributed by atoms with Crippen LogP contribution in [0.15, 0.2) is 16.8 Å². The zero-order valence-electron chi connectivity index (χ0n) is 11.0. The van der Waals surface area contributed by atoms with Gasteiger partial charge in [-0.15, -0.1) is 0 Å². The largest absolute Gasteiger partial charge is 0.314 e. The van der Waals surface area contributed by atoms with Crippen LogP contribution in [0.2, 0.25) is 0 Å². The first-order valence-electron chi connectivity index (χ1n) is 6.34. The summed E-state index contributed by atoms with van der Waals surface area (Å²) in [6.07, 6.45) is 2.53. The van der Waals surface area contributed by atoms with Gasteiger partial charge in [0, 0.05) is 6.04 Å². The highest BCUT2D eigenvalue weighted by molar-refractivity contribution is 7.07. The fourth-order valence-electron chi connectivity index (χ4n) is 1.85. The lowest BCUT2D eigenvalue weighted by Gasteiger charge is -2.22. The molecule has 0 aliphatic heterocycles. The molecular formula is C14H25NS. The molecule has 0 saturated heterocycles. The van der Waals surface area contributed by atoms with Gasteiger partial charge in [-0.05, 0) is 53.6 Å². The Balaban J connectivity index is 2.33. The number of rotatable bonds is 7. The third-order valence-electron chi connectivity index (χ3n) is 3.12. The molecule has 0 radical (unpaired) electrons. The van der Waals surface area contributed by atoms with Crippen molar-refractivity contribution in [2.75, 3.05) is 6.54 Å². The lowest BCUT2D eigenvalue weighted by Crippen LogP contribution is -2.31. The minimum atomic E-state index is 0.599. The molecule has 2 heteroatoms. The predicted molar refractivity (Wildman–Crippen MR) is 74.1 cm³/mol. The van der Waals surface area contributed by atoms with Crippen LogP contribution in [0.25, 0.3) is 0 Å². The molecule has 0 fully saturated rings. The molecule has 1 rings (SSSR count). The third-order valence-corrected chi connectivity index (χ3v) is 3.85. The van der Waals surface area contributed by atoms with Crippen molar-refractivity contribution in [2.24, 2.45) is 11.8 Å². The number of aryl methyl sites for hydroxylation is 1. The molecule has 0 bridgehead atoms. The Bertz CT molecular complexity index is 264. The molecule has 1 atom stereocenters. The maximum Gasteiger partial charge on any atom is 0.00104 e. The van der Waals surface area contributed by atoms with Gasteiger partial charge in [0.15, 0.2) is 0 Å². The third kappa shape index (κ3) is 5.13. The molecular weight excluding hydrogens is 214 g/mol. The van der Waals surface area contributed by atoms with Crippen LogP contribution in [-0.4, -0.2) is 12.6 Å². The molecule has 0 saturated carbocycles. The summed E-state index contributed by atoms with van der Waals surface area (Å²) >= 11 is 1.80. The molecule has 1 nitrogen and oxygen atoms in total. The van der Waals surface area contributed by atoms with Crippen LogP contribution >= 0.6 is 11.3 Å². The Hall–Kier alpha value is -0.340. The van der Waals surface area contributed by atoms with Gasteiger partial charge in [0.1, 0.15) is 0 Å². The lowest BCUT2D eigenvalue weighted by atomic mass is 9.90. The summed E-state index contributed by atoms with van der Waals surface area (Å²) in [5, 5.41) is 8.00. The zero-order valence-corrected chi connectivity index (χ0v) is 11.8. The van der Waals surface area contributed by atoms with Gasteiger partial charge in [-0.3, -0.25) is 0 Å². The van der Waals surface area contributed by atoms with E-state index in [0.717, 1.165) is 18.4 Å². The van der Waals surface area contributed by atoms with Crippen molar-refractivity contribution in [3.8, 4) is 0 Å². The van der Waals surface area contributed by atoms with E-state index in [1.165, 1.54) is 18.4 Å². The maximum absolute atomic E-state index is 3.56. The topological polar surface area (TPSA) is 12.0 Å². The molecule has 1 heterocycles. The number of hydrogen-bond acceptors (Lipinski definition) is 2. The molecule has 1 aromatic heterocycles. The number of hydrogen-bond donors (Lipinski definition) is 1. The smallest absolute Gasteiger partial charge is 0.00104 e. The molecule has 1 N–H and O–H groups in total. The Morgan fingerprint density at radius 1 is 1.25 bits per heavy atom. The van der Waals surface area contributed by atoms with Crippen molar-refractivity contribution in [2.45, 2.75) is 46.6 Å². The Labute approximate surface area is 104 Å². The summed E-state index contributed by atoms with van der Waals surface area (Å²) in [5.74, 6) is 1.56. The highest BCUT2D eigenvalue weighted by atomic mass is 32.1. The summed E-state index contributed by atoms with van der Waals surface area (Å²) in [7, 11) is 0. The van der Waals surface area contributed by atoms with E-state index < -0.39 is 0 Å². The second kappa shape index (κ2) is 7.08. The van der Waals surface area contributed by atoms with Crippen molar-refractivity contribution >= 4 is 11.3 Å². The number of thiophene rings is 1. The van der Waals surface area contributed by atoms with E-state index in [0.29, 0.717) is 6.04 Å². The molecule has 92 valence electrons. The molecule has 0 amide bonds. The van der Waals surface area contributed by atoms with Crippen molar-refractivity contribution in [3.63, 3.8) is 0 Å². The predicted octanol–water partition coefficient (Wildman–Crippen LogP) is 3.95. The van der Waals surface area contributed by atoms with Crippen LogP contribution in [-0.2, 0) is 6.42 Å². The average Bonchev–Trinajstić information content (AvgIpc) is 2.69. The molecule has 0 aliphatic rings. The van der Waals surface area contributed by atoms with Gasteiger partial charge in [-0.25, -0.2) is 0 Å². The molecule has 0 spiro atoms. The lowest BCUT2D eigenvalue weighted by molar-refractivity contribution is 0.331. The summed E-state index contributed by atoms with van der Waals surface area (Å²) in [5.41, 5.74) is 1.50. The second-order valence-electron chi connectivity index (χ2n) is 5.24. The van der Waals surface area contributed by atoms with E-state index in [2.05, 4.69) is 49.8 Å². The van der Waals surface area contributed by atoms with Crippen molar-refractivity contribution in [1.29, 1.82) is 0 Å². The normalized spacial score (nSPS) is 13.6. The van der Waals surface area contributed by atoms with Crippen LogP contribution < -0.4 is 5.32 Å².